The predicted molar refractivity (Wildman–Crippen MR) is 61.8 cm³/mol. The summed E-state index contributed by atoms with van der Waals surface area (Å²) < 4.78 is 5.52. The zero-order valence-electron chi connectivity index (χ0n) is 9.80. The Balaban J connectivity index is 1.49. The largest absolute Gasteiger partial charge is 0.378 e. The highest BCUT2D eigenvalue weighted by Crippen LogP contribution is 2.32. The Hall–Kier alpha value is -0.120. The van der Waals surface area contributed by atoms with Gasteiger partial charge in [0, 0.05) is 18.2 Å². The van der Waals surface area contributed by atoms with Gasteiger partial charge in [0.15, 0.2) is 0 Å². The molecule has 0 aliphatic heterocycles. The first-order chi connectivity index (χ1) is 7.22. The van der Waals surface area contributed by atoms with Crippen LogP contribution < -0.4 is 11.1 Å². The monoisotopic (exact) mass is 212 g/mol. The molecule has 3 N–H and O–H groups in total. The molecule has 2 aliphatic rings. The number of nitrogens with one attached hydrogen (secondary N) is 1. The second kappa shape index (κ2) is 4.81. The molecule has 0 aromatic rings. The minimum Gasteiger partial charge on any atom is -0.378 e. The molecule has 88 valence electrons. The van der Waals surface area contributed by atoms with Gasteiger partial charge in [-0.25, -0.2) is 0 Å². The molecular weight excluding hydrogens is 188 g/mol. The van der Waals surface area contributed by atoms with Crippen molar-refractivity contribution >= 4 is 0 Å². The Morgan fingerprint density at radius 3 is 2.67 bits per heavy atom. The first kappa shape index (κ1) is 11.4. The molecule has 0 aromatic carbocycles. The molecule has 2 fully saturated rings. The lowest BCUT2D eigenvalue weighted by atomic mass is 9.75. The lowest BCUT2D eigenvalue weighted by Crippen LogP contribution is -2.51. The standard InChI is InChI=1S/C12H24N2O/c1-2-15-11-8-10(9-11)14-7-6-12(13)4-3-5-12/h10-11,14H,2-9,13H2,1H3. The third kappa shape index (κ3) is 2.92. The summed E-state index contributed by atoms with van der Waals surface area (Å²) in [6.07, 6.45) is 7.80. The van der Waals surface area contributed by atoms with Crippen LogP contribution in [0.25, 0.3) is 0 Å². The highest BCUT2D eigenvalue weighted by atomic mass is 16.5. The van der Waals surface area contributed by atoms with Gasteiger partial charge in [-0.05, 0) is 52.0 Å². The van der Waals surface area contributed by atoms with E-state index in [0.29, 0.717) is 12.1 Å². The van der Waals surface area contributed by atoms with Crippen molar-refractivity contribution in [1.82, 2.24) is 5.32 Å². The van der Waals surface area contributed by atoms with Crippen LogP contribution in [0.5, 0.6) is 0 Å². The first-order valence-corrected chi connectivity index (χ1v) is 6.36. The average molecular weight is 212 g/mol. The molecule has 3 nitrogen and oxygen atoms in total. The third-order valence-electron chi connectivity index (χ3n) is 3.90. The molecule has 0 saturated heterocycles. The Labute approximate surface area is 92.7 Å². The molecular formula is C12H24N2O. The lowest BCUT2D eigenvalue weighted by molar-refractivity contribution is -0.0103. The molecule has 0 bridgehead atoms. The Morgan fingerprint density at radius 2 is 2.13 bits per heavy atom. The average Bonchev–Trinajstić information content (AvgIpc) is 2.11. The van der Waals surface area contributed by atoms with E-state index >= 15 is 0 Å². The summed E-state index contributed by atoms with van der Waals surface area (Å²) in [7, 11) is 0. The van der Waals surface area contributed by atoms with Crippen LogP contribution in [-0.2, 0) is 4.74 Å². The second-order valence-corrected chi connectivity index (χ2v) is 5.17. The summed E-state index contributed by atoms with van der Waals surface area (Å²) in [6.45, 7) is 4.00. The van der Waals surface area contributed by atoms with Gasteiger partial charge in [0.25, 0.3) is 0 Å². The number of rotatable bonds is 6. The fourth-order valence-electron chi connectivity index (χ4n) is 2.51. The van der Waals surface area contributed by atoms with Crippen LogP contribution >= 0.6 is 0 Å². The normalized spacial score (nSPS) is 33.2. The van der Waals surface area contributed by atoms with E-state index in [1.165, 1.54) is 32.1 Å². The highest BCUT2D eigenvalue weighted by molar-refractivity contribution is 4.94. The van der Waals surface area contributed by atoms with E-state index in [2.05, 4.69) is 12.2 Å². The molecule has 0 spiro atoms. The van der Waals surface area contributed by atoms with Crippen molar-refractivity contribution in [3.05, 3.63) is 0 Å². The Bertz CT molecular complexity index is 198. The van der Waals surface area contributed by atoms with E-state index in [9.17, 15) is 0 Å². The van der Waals surface area contributed by atoms with Crippen LogP contribution in [0.4, 0.5) is 0 Å². The lowest BCUT2D eigenvalue weighted by Gasteiger charge is -2.40. The van der Waals surface area contributed by atoms with Gasteiger partial charge < -0.3 is 15.8 Å². The predicted octanol–water partition coefficient (Wildman–Crippen LogP) is 1.41. The van der Waals surface area contributed by atoms with E-state index in [-0.39, 0.29) is 5.54 Å². The smallest absolute Gasteiger partial charge is 0.0604 e. The maximum absolute atomic E-state index is 6.16. The summed E-state index contributed by atoms with van der Waals surface area (Å²) in [5.41, 5.74) is 6.34. The van der Waals surface area contributed by atoms with E-state index < -0.39 is 0 Å². The molecule has 2 saturated carbocycles. The van der Waals surface area contributed by atoms with Gasteiger partial charge >= 0.3 is 0 Å². The summed E-state index contributed by atoms with van der Waals surface area (Å²) in [5.74, 6) is 0. The molecule has 0 aromatic heterocycles. The van der Waals surface area contributed by atoms with Crippen molar-refractivity contribution in [1.29, 1.82) is 0 Å². The van der Waals surface area contributed by atoms with Crippen LogP contribution in [0.15, 0.2) is 0 Å². The van der Waals surface area contributed by atoms with Gasteiger partial charge in [-0.3, -0.25) is 0 Å². The molecule has 0 heterocycles. The van der Waals surface area contributed by atoms with Gasteiger partial charge in [0.2, 0.25) is 0 Å². The molecule has 2 rings (SSSR count). The van der Waals surface area contributed by atoms with E-state index in [0.717, 1.165) is 19.6 Å². The topological polar surface area (TPSA) is 47.3 Å². The zero-order chi connectivity index (χ0) is 10.7. The minimum absolute atomic E-state index is 0.177. The molecule has 15 heavy (non-hydrogen) atoms. The summed E-state index contributed by atoms with van der Waals surface area (Å²) in [6, 6.07) is 0.685. The van der Waals surface area contributed by atoms with Crippen LogP contribution in [0.1, 0.15) is 45.4 Å². The van der Waals surface area contributed by atoms with E-state index in [4.69, 9.17) is 10.5 Å². The van der Waals surface area contributed by atoms with Gasteiger partial charge in [-0.1, -0.05) is 0 Å². The summed E-state index contributed by atoms with van der Waals surface area (Å²) in [5, 5.41) is 3.57. The second-order valence-electron chi connectivity index (χ2n) is 5.17. The third-order valence-corrected chi connectivity index (χ3v) is 3.90. The fraction of sp³-hybridized carbons (Fsp3) is 1.00. The maximum atomic E-state index is 6.16. The number of nitrogens with two attached hydrogens (primary N) is 1. The molecule has 0 amide bonds. The van der Waals surface area contributed by atoms with Gasteiger partial charge in [-0.15, -0.1) is 0 Å². The van der Waals surface area contributed by atoms with Gasteiger partial charge in [0.1, 0.15) is 0 Å². The van der Waals surface area contributed by atoms with Gasteiger partial charge in [-0.2, -0.15) is 0 Å². The summed E-state index contributed by atoms with van der Waals surface area (Å²) >= 11 is 0. The number of hydrogen-bond acceptors (Lipinski definition) is 3. The number of hydrogen-bond donors (Lipinski definition) is 2. The maximum Gasteiger partial charge on any atom is 0.0604 e. The first-order valence-electron chi connectivity index (χ1n) is 6.36. The van der Waals surface area contributed by atoms with Crippen LogP contribution in [0, 0.1) is 0 Å². The van der Waals surface area contributed by atoms with Crippen molar-refractivity contribution in [2.24, 2.45) is 5.73 Å². The molecule has 0 radical (unpaired) electrons. The van der Waals surface area contributed by atoms with E-state index in [1.807, 2.05) is 0 Å². The zero-order valence-corrected chi connectivity index (χ0v) is 9.80. The highest BCUT2D eigenvalue weighted by Gasteiger charge is 2.33. The van der Waals surface area contributed by atoms with Crippen LogP contribution in [-0.4, -0.2) is 30.8 Å². The van der Waals surface area contributed by atoms with Crippen molar-refractivity contribution in [3.8, 4) is 0 Å². The molecule has 2 aliphatic carbocycles. The molecule has 0 atom stereocenters. The summed E-state index contributed by atoms with van der Waals surface area (Å²) in [4.78, 5) is 0. The minimum atomic E-state index is 0.177. The van der Waals surface area contributed by atoms with Gasteiger partial charge in [0.05, 0.1) is 6.10 Å². The van der Waals surface area contributed by atoms with Crippen molar-refractivity contribution in [3.63, 3.8) is 0 Å². The van der Waals surface area contributed by atoms with E-state index in [1.54, 1.807) is 0 Å². The molecule has 0 unspecified atom stereocenters. The molecule has 3 heteroatoms. The van der Waals surface area contributed by atoms with Crippen molar-refractivity contribution in [2.75, 3.05) is 13.2 Å². The van der Waals surface area contributed by atoms with Crippen LogP contribution in [0.3, 0.4) is 0 Å². The Morgan fingerprint density at radius 1 is 1.40 bits per heavy atom. The van der Waals surface area contributed by atoms with Crippen LogP contribution in [0.2, 0.25) is 0 Å². The SMILES string of the molecule is CCOC1CC(NCCC2(N)CCC2)C1. The quantitative estimate of drug-likeness (QED) is 0.700. The fourth-order valence-corrected chi connectivity index (χ4v) is 2.51. The van der Waals surface area contributed by atoms with Crippen molar-refractivity contribution in [2.45, 2.75) is 63.1 Å². The Kier molecular flexibility index (Phi) is 3.65. The number of ether oxygens (including phenoxy) is 1. The van der Waals surface area contributed by atoms with Crippen molar-refractivity contribution < 1.29 is 4.74 Å².